The fourth-order valence-corrected chi connectivity index (χ4v) is 4.92. The van der Waals surface area contributed by atoms with Gasteiger partial charge < -0.3 is 9.47 Å². The molecular formula is C25H28ClNO4. The van der Waals surface area contributed by atoms with Crippen LogP contribution in [0.2, 0.25) is 5.02 Å². The summed E-state index contributed by atoms with van der Waals surface area (Å²) in [5.74, 6) is 0.0287. The standard InChI is InChI=1S/C25H28ClNO4/c1-25(2)15-19(12-13-31-25)21(17-8-10-20(26)11-9-17)14-23(28)27-22(16-30-24(27)29)18-6-4-3-5-7-18/h3-11,19,21-22H,12-16H2,1-2H3. The number of ether oxygens (including phenoxy) is 2. The summed E-state index contributed by atoms with van der Waals surface area (Å²) < 4.78 is 11.2. The predicted octanol–water partition coefficient (Wildman–Crippen LogP) is 5.74. The van der Waals surface area contributed by atoms with Crippen LogP contribution in [-0.4, -0.2) is 35.7 Å². The van der Waals surface area contributed by atoms with E-state index in [0.717, 1.165) is 24.0 Å². The summed E-state index contributed by atoms with van der Waals surface area (Å²) in [7, 11) is 0. The quantitative estimate of drug-likeness (QED) is 0.593. The number of hydrogen-bond acceptors (Lipinski definition) is 4. The third kappa shape index (κ3) is 4.94. The molecule has 0 N–H and O–H groups in total. The molecule has 0 radical (unpaired) electrons. The molecule has 2 aliphatic rings. The number of nitrogens with zero attached hydrogens (tertiary/aromatic N) is 1. The number of amides is 2. The van der Waals surface area contributed by atoms with Crippen molar-refractivity contribution >= 4 is 23.6 Å². The molecule has 6 heteroatoms. The Morgan fingerprint density at radius 1 is 1.16 bits per heavy atom. The molecule has 4 rings (SSSR count). The van der Waals surface area contributed by atoms with Gasteiger partial charge in [0.15, 0.2) is 0 Å². The lowest BCUT2D eigenvalue weighted by Crippen LogP contribution is -2.39. The Bertz CT molecular complexity index is 928. The fourth-order valence-electron chi connectivity index (χ4n) is 4.79. The van der Waals surface area contributed by atoms with Crippen LogP contribution >= 0.6 is 11.6 Å². The van der Waals surface area contributed by atoms with Gasteiger partial charge in [-0.2, -0.15) is 0 Å². The number of rotatable bonds is 5. The van der Waals surface area contributed by atoms with Gasteiger partial charge >= 0.3 is 6.09 Å². The molecule has 2 aliphatic heterocycles. The summed E-state index contributed by atoms with van der Waals surface area (Å²) >= 11 is 6.11. The Labute approximate surface area is 188 Å². The van der Waals surface area contributed by atoms with Gasteiger partial charge in [-0.25, -0.2) is 9.69 Å². The van der Waals surface area contributed by atoms with Crippen molar-refractivity contribution < 1.29 is 19.1 Å². The maximum absolute atomic E-state index is 13.5. The summed E-state index contributed by atoms with van der Waals surface area (Å²) in [5, 5.41) is 0.661. The maximum Gasteiger partial charge on any atom is 0.417 e. The molecule has 2 aromatic rings. The summed E-state index contributed by atoms with van der Waals surface area (Å²) in [6.07, 6.45) is 1.39. The Morgan fingerprint density at radius 3 is 2.55 bits per heavy atom. The van der Waals surface area contributed by atoms with Crippen LogP contribution in [0.5, 0.6) is 0 Å². The van der Waals surface area contributed by atoms with Crippen molar-refractivity contribution in [2.75, 3.05) is 13.2 Å². The number of carbonyl (C=O) groups is 2. The van der Waals surface area contributed by atoms with Gasteiger partial charge in [0.2, 0.25) is 5.91 Å². The Hall–Kier alpha value is -2.37. The molecule has 2 amide bonds. The highest BCUT2D eigenvalue weighted by atomic mass is 35.5. The van der Waals surface area contributed by atoms with E-state index in [-0.39, 0.29) is 36.4 Å². The zero-order valence-corrected chi connectivity index (χ0v) is 18.7. The molecule has 0 spiro atoms. The van der Waals surface area contributed by atoms with Crippen LogP contribution in [0.15, 0.2) is 54.6 Å². The van der Waals surface area contributed by atoms with Crippen molar-refractivity contribution in [3.8, 4) is 0 Å². The molecule has 0 aromatic heterocycles. The summed E-state index contributed by atoms with van der Waals surface area (Å²) in [4.78, 5) is 27.2. The second-order valence-electron chi connectivity index (χ2n) is 8.99. The molecule has 0 bridgehead atoms. The molecule has 2 aromatic carbocycles. The van der Waals surface area contributed by atoms with Gasteiger partial charge in [0, 0.05) is 18.1 Å². The van der Waals surface area contributed by atoms with Crippen LogP contribution in [0.4, 0.5) is 4.79 Å². The number of cyclic esters (lactones) is 1. The molecule has 2 fully saturated rings. The van der Waals surface area contributed by atoms with Crippen molar-refractivity contribution in [2.24, 2.45) is 5.92 Å². The van der Waals surface area contributed by atoms with Gasteiger partial charge in [-0.05, 0) is 61.8 Å². The van der Waals surface area contributed by atoms with Gasteiger partial charge in [-0.3, -0.25) is 4.79 Å². The molecular weight excluding hydrogens is 414 g/mol. The first kappa shape index (κ1) is 21.8. The average molecular weight is 442 g/mol. The van der Waals surface area contributed by atoms with E-state index >= 15 is 0 Å². The number of benzene rings is 2. The van der Waals surface area contributed by atoms with Gasteiger partial charge in [0.05, 0.1) is 5.60 Å². The second kappa shape index (κ2) is 9.01. The average Bonchev–Trinajstić information content (AvgIpc) is 3.14. The Morgan fingerprint density at radius 2 is 1.87 bits per heavy atom. The van der Waals surface area contributed by atoms with Crippen LogP contribution in [0.1, 0.15) is 56.2 Å². The number of hydrogen-bond donors (Lipinski definition) is 0. The maximum atomic E-state index is 13.5. The number of imide groups is 1. The number of halogens is 1. The highest BCUT2D eigenvalue weighted by Gasteiger charge is 2.41. The molecule has 0 aliphatic carbocycles. The molecule has 0 saturated carbocycles. The third-order valence-electron chi connectivity index (χ3n) is 6.32. The Balaban J connectivity index is 1.60. The van der Waals surface area contributed by atoms with Gasteiger partial charge in [-0.1, -0.05) is 54.1 Å². The first-order chi connectivity index (χ1) is 14.8. The summed E-state index contributed by atoms with van der Waals surface area (Å²) in [6.45, 7) is 5.02. The van der Waals surface area contributed by atoms with Crippen LogP contribution in [-0.2, 0) is 14.3 Å². The van der Waals surface area contributed by atoms with Crippen molar-refractivity contribution in [1.29, 1.82) is 0 Å². The van der Waals surface area contributed by atoms with Crippen LogP contribution in [0, 0.1) is 5.92 Å². The van der Waals surface area contributed by atoms with E-state index in [1.165, 1.54) is 4.90 Å². The smallest absolute Gasteiger partial charge is 0.417 e. The zero-order valence-electron chi connectivity index (χ0n) is 17.9. The monoisotopic (exact) mass is 441 g/mol. The highest BCUT2D eigenvalue weighted by molar-refractivity contribution is 6.30. The molecule has 5 nitrogen and oxygen atoms in total. The predicted molar refractivity (Wildman–Crippen MR) is 119 cm³/mol. The minimum Gasteiger partial charge on any atom is -0.446 e. The fraction of sp³-hybridized carbons (Fsp3) is 0.440. The molecule has 31 heavy (non-hydrogen) atoms. The lowest BCUT2D eigenvalue weighted by Gasteiger charge is -2.39. The van der Waals surface area contributed by atoms with Gasteiger partial charge in [0.1, 0.15) is 12.6 Å². The van der Waals surface area contributed by atoms with E-state index in [0.29, 0.717) is 11.6 Å². The first-order valence-corrected chi connectivity index (χ1v) is 11.1. The molecule has 3 atom stereocenters. The zero-order chi connectivity index (χ0) is 22.0. The van der Waals surface area contributed by atoms with Crippen molar-refractivity contribution in [3.63, 3.8) is 0 Å². The molecule has 2 heterocycles. The van der Waals surface area contributed by atoms with E-state index in [1.807, 2.05) is 54.6 Å². The van der Waals surface area contributed by atoms with E-state index < -0.39 is 12.1 Å². The lowest BCUT2D eigenvalue weighted by atomic mass is 9.75. The van der Waals surface area contributed by atoms with Crippen molar-refractivity contribution in [2.45, 2.75) is 50.7 Å². The lowest BCUT2D eigenvalue weighted by molar-refractivity contribution is -0.131. The number of carbonyl (C=O) groups excluding carboxylic acids is 2. The molecule has 164 valence electrons. The minimum atomic E-state index is -0.569. The largest absolute Gasteiger partial charge is 0.446 e. The summed E-state index contributed by atoms with van der Waals surface area (Å²) in [6, 6.07) is 16.9. The Kier molecular flexibility index (Phi) is 6.35. The highest BCUT2D eigenvalue weighted by Crippen LogP contribution is 2.41. The van der Waals surface area contributed by atoms with Crippen LogP contribution in [0.25, 0.3) is 0 Å². The van der Waals surface area contributed by atoms with E-state index in [2.05, 4.69) is 13.8 Å². The van der Waals surface area contributed by atoms with E-state index in [9.17, 15) is 9.59 Å². The second-order valence-corrected chi connectivity index (χ2v) is 9.43. The minimum absolute atomic E-state index is 0.0298. The normalized spacial score (nSPS) is 24.0. The SMILES string of the molecule is CC1(C)CC(C(CC(=O)N2C(=O)OCC2c2ccccc2)c2ccc(Cl)cc2)CCO1. The van der Waals surface area contributed by atoms with Gasteiger partial charge in [-0.15, -0.1) is 0 Å². The third-order valence-corrected chi connectivity index (χ3v) is 6.58. The van der Waals surface area contributed by atoms with Crippen LogP contribution in [0.3, 0.4) is 0 Å². The summed E-state index contributed by atoms with van der Waals surface area (Å²) in [5.41, 5.74) is 1.72. The molecule has 2 saturated heterocycles. The first-order valence-electron chi connectivity index (χ1n) is 10.8. The van der Waals surface area contributed by atoms with Gasteiger partial charge in [0.25, 0.3) is 0 Å². The van der Waals surface area contributed by atoms with E-state index in [1.54, 1.807) is 0 Å². The van der Waals surface area contributed by atoms with Crippen molar-refractivity contribution in [1.82, 2.24) is 4.90 Å². The molecule has 3 unspecified atom stereocenters. The van der Waals surface area contributed by atoms with Crippen LogP contribution < -0.4 is 0 Å². The van der Waals surface area contributed by atoms with E-state index in [4.69, 9.17) is 21.1 Å². The van der Waals surface area contributed by atoms with Crippen molar-refractivity contribution in [3.05, 3.63) is 70.7 Å². The topological polar surface area (TPSA) is 55.8 Å².